The van der Waals surface area contributed by atoms with Crippen molar-refractivity contribution in [3.63, 3.8) is 0 Å². The first-order valence-corrected chi connectivity index (χ1v) is 6.98. The molecule has 17 heavy (non-hydrogen) atoms. The maximum Gasteiger partial charge on any atom is 0.296 e. The van der Waals surface area contributed by atoms with E-state index in [-0.39, 0.29) is 0 Å². The summed E-state index contributed by atoms with van der Waals surface area (Å²) in [6, 6.07) is 6.75. The molecule has 0 amide bonds. The average molecular weight is 270 g/mol. The number of rotatable bonds is 3. The molecule has 0 radical (unpaired) electrons. The Kier molecular flexibility index (Phi) is 3.01. The van der Waals surface area contributed by atoms with Gasteiger partial charge in [0.2, 0.25) is 0 Å². The fourth-order valence-corrected chi connectivity index (χ4v) is 2.35. The van der Waals surface area contributed by atoms with Crippen LogP contribution in [0, 0.1) is 0 Å². The Bertz CT molecular complexity index is 636. The molecule has 0 unspecified atom stereocenters. The number of hydrogen-bond acceptors (Lipinski definition) is 5. The van der Waals surface area contributed by atoms with Gasteiger partial charge in [-0.3, -0.25) is 4.72 Å². The highest BCUT2D eigenvalue weighted by Gasteiger charge is 2.06. The summed E-state index contributed by atoms with van der Waals surface area (Å²) in [6.07, 6.45) is 0. The molecule has 1 aromatic carbocycles. The number of thiazole rings is 1. The van der Waals surface area contributed by atoms with Crippen LogP contribution >= 0.6 is 11.3 Å². The monoisotopic (exact) mass is 270 g/mol. The fourth-order valence-electron chi connectivity index (χ4n) is 1.33. The zero-order valence-electron chi connectivity index (χ0n) is 8.62. The lowest BCUT2D eigenvalue weighted by Gasteiger charge is -2.04. The predicted octanol–water partition coefficient (Wildman–Crippen LogP) is 1.01. The van der Waals surface area contributed by atoms with Gasteiger partial charge in [0.15, 0.2) is 5.13 Å². The van der Waals surface area contributed by atoms with E-state index < -0.39 is 10.2 Å². The SMILES string of the molecule is Nc1nc(-c2cccc(NS(N)(=O)=O)c2)cs1. The van der Waals surface area contributed by atoms with Gasteiger partial charge in [0, 0.05) is 10.9 Å². The normalized spacial score (nSPS) is 11.4. The molecule has 0 aliphatic rings. The first-order chi connectivity index (χ1) is 7.94. The fraction of sp³-hybridized carbons (Fsp3) is 0. The molecule has 6 nitrogen and oxygen atoms in total. The van der Waals surface area contributed by atoms with Crippen LogP contribution in [0.25, 0.3) is 11.3 Å². The van der Waals surface area contributed by atoms with Crippen molar-refractivity contribution >= 4 is 32.4 Å². The minimum absolute atomic E-state index is 0.386. The van der Waals surface area contributed by atoms with Gasteiger partial charge in [-0.1, -0.05) is 12.1 Å². The van der Waals surface area contributed by atoms with Crippen LogP contribution in [0.1, 0.15) is 0 Å². The first-order valence-electron chi connectivity index (χ1n) is 4.56. The second-order valence-corrected chi connectivity index (χ2v) is 5.48. The second kappa shape index (κ2) is 4.32. The van der Waals surface area contributed by atoms with Crippen LogP contribution in [-0.2, 0) is 10.2 Å². The van der Waals surface area contributed by atoms with E-state index in [2.05, 4.69) is 9.71 Å². The van der Waals surface area contributed by atoms with Gasteiger partial charge in [-0.2, -0.15) is 8.42 Å². The van der Waals surface area contributed by atoms with Crippen LogP contribution in [0.5, 0.6) is 0 Å². The number of nitrogens with two attached hydrogens (primary N) is 2. The number of benzene rings is 1. The highest BCUT2D eigenvalue weighted by Crippen LogP contribution is 2.25. The molecule has 0 aliphatic heterocycles. The number of nitrogens with zero attached hydrogens (tertiary/aromatic N) is 1. The van der Waals surface area contributed by atoms with E-state index in [1.165, 1.54) is 11.3 Å². The summed E-state index contributed by atoms with van der Waals surface area (Å²) in [7, 11) is -3.76. The molecule has 0 saturated heterocycles. The van der Waals surface area contributed by atoms with Crippen molar-refractivity contribution in [1.82, 2.24) is 4.98 Å². The lowest BCUT2D eigenvalue weighted by atomic mass is 10.1. The molecule has 1 heterocycles. The first kappa shape index (κ1) is 11.8. The standard InChI is InChI=1S/C9H10N4O2S2/c10-9-12-8(5-16-9)6-2-1-3-7(4-6)13-17(11,14)15/h1-5,13H,(H2,10,12)(H2,11,14,15). The molecular weight excluding hydrogens is 260 g/mol. The summed E-state index contributed by atoms with van der Waals surface area (Å²) in [5.74, 6) is 0. The summed E-state index contributed by atoms with van der Waals surface area (Å²) < 4.78 is 24.0. The molecule has 0 aliphatic carbocycles. The van der Waals surface area contributed by atoms with Gasteiger partial charge < -0.3 is 5.73 Å². The third kappa shape index (κ3) is 3.16. The van der Waals surface area contributed by atoms with E-state index in [1.807, 2.05) is 6.07 Å². The maximum atomic E-state index is 10.9. The van der Waals surface area contributed by atoms with Crippen molar-refractivity contribution in [2.45, 2.75) is 0 Å². The van der Waals surface area contributed by atoms with Gasteiger partial charge in [0.25, 0.3) is 10.2 Å². The van der Waals surface area contributed by atoms with Gasteiger partial charge >= 0.3 is 0 Å². The number of nitrogen functional groups attached to an aromatic ring is 1. The smallest absolute Gasteiger partial charge is 0.296 e. The summed E-state index contributed by atoms with van der Waals surface area (Å²) >= 11 is 1.32. The third-order valence-corrected chi connectivity index (χ3v) is 3.13. The van der Waals surface area contributed by atoms with E-state index in [0.717, 1.165) is 5.56 Å². The molecule has 0 saturated carbocycles. The molecule has 5 N–H and O–H groups in total. The number of aromatic nitrogens is 1. The minimum Gasteiger partial charge on any atom is -0.375 e. The molecule has 8 heteroatoms. The molecule has 1 aromatic heterocycles. The van der Waals surface area contributed by atoms with Gasteiger partial charge in [-0.15, -0.1) is 11.3 Å². The number of anilines is 2. The number of nitrogens with one attached hydrogen (secondary N) is 1. The molecule has 0 bridgehead atoms. The van der Waals surface area contributed by atoms with Crippen LogP contribution < -0.4 is 15.6 Å². The predicted molar refractivity (Wildman–Crippen MR) is 68.7 cm³/mol. The van der Waals surface area contributed by atoms with Crippen LogP contribution in [0.15, 0.2) is 29.6 Å². The second-order valence-electron chi connectivity index (χ2n) is 3.30. The summed E-state index contributed by atoms with van der Waals surface area (Å²) in [5.41, 5.74) is 7.39. The highest BCUT2D eigenvalue weighted by atomic mass is 32.2. The topological polar surface area (TPSA) is 111 Å². The zero-order valence-corrected chi connectivity index (χ0v) is 10.3. The molecular formula is C9H10N4O2S2. The molecule has 0 spiro atoms. The molecule has 0 atom stereocenters. The van der Waals surface area contributed by atoms with Crippen molar-refractivity contribution < 1.29 is 8.42 Å². The summed E-state index contributed by atoms with van der Waals surface area (Å²) in [4.78, 5) is 4.11. The highest BCUT2D eigenvalue weighted by molar-refractivity contribution is 7.90. The Morgan fingerprint density at radius 3 is 2.71 bits per heavy atom. The van der Waals surface area contributed by atoms with E-state index in [9.17, 15) is 8.42 Å². The van der Waals surface area contributed by atoms with Crippen molar-refractivity contribution in [3.05, 3.63) is 29.6 Å². The van der Waals surface area contributed by atoms with Gasteiger partial charge in [0.1, 0.15) is 0 Å². The van der Waals surface area contributed by atoms with Gasteiger partial charge in [-0.25, -0.2) is 10.1 Å². The van der Waals surface area contributed by atoms with Gasteiger partial charge in [-0.05, 0) is 12.1 Å². The quantitative estimate of drug-likeness (QED) is 0.772. The van der Waals surface area contributed by atoms with E-state index in [1.54, 1.807) is 23.6 Å². The van der Waals surface area contributed by atoms with Gasteiger partial charge in [0.05, 0.1) is 11.4 Å². The van der Waals surface area contributed by atoms with Crippen molar-refractivity contribution in [3.8, 4) is 11.3 Å². The Hall–Kier alpha value is -1.64. The third-order valence-electron chi connectivity index (χ3n) is 1.94. The summed E-state index contributed by atoms with van der Waals surface area (Å²) in [6.45, 7) is 0. The Balaban J connectivity index is 2.35. The lowest BCUT2D eigenvalue weighted by molar-refractivity contribution is 0.603. The largest absolute Gasteiger partial charge is 0.375 e. The van der Waals surface area contributed by atoms with Crippen LogP contribution in [0.2, 0.25) is 0 Å². The van der Waals surface area contributed by atoms with E-state index >= 15 is 0 Å². The maximum absolute atomic E-state index is 10.9. The molecule has 2 rings (SSSR count). The van der Waals surface area contributed by atoms with Crippen molar-refractivity contribution in [1.29, 1.82) is 0 Å². The zero-order chi connectivity index (χ0) is 12.5. The number of hydrogen-bond donors (Lipinski definition) is 3. The van der Waals surface area contributed by atoms with Crippen LogP contribution in [0.3, 0.4) is 0 Å². The van der Waals surface area contributed by atoms with Crippen LogP contribution in [-0.4, -0.2) is 13.4 Å². The van der Waals surface area contributed by atoms with Crippen LogP contribution in [0.4, 0.5) is 10.8 Å². The molecule has 90 valence electrons. The van der Waals surface area contributed by atoms with E-state index in [0.29, 0.717) is 16.5 Å². The van der Waals surface area contributed by atoms with Crippen molar-refractivity contribution in [2.24, 2.45) is 5.14 Å². The summed E-state index contributed by atoms with van der Waals surface area (Å²) in [5, 5.41) is 7.15. The Morgan fingerprint density at radius 1 is 1.35 bits per heavy atom. The average Bonchev–Trinajstić information content (AvgIpc) is 2.63. The Morgan fingerprint density at radius 2 is 2.12 bits per heavy atom. The van der Waals surface area contributed by atoms with E-state index in [4.69, 9.17) is 10.9 Å². The molecule has 0 fully saturated rings. The molecule has 2 aromatic rings. The van der Waals surface area contributed by atoms with Crippen molar-refractivity contribution in [2.75, 3.05) is 10.5 Å². The lowest BCUT2D eigenvalue weighted by Crippen LogP contribution is -2.21. The Labute approximate surface area is 102 Å². The minimum atomic E-state index is -3.76.